The number of fused-ring (bicyclic) bond motifs is 2. The minimum Gasteiger partial charge on any atom is -0.295 e. The van der Waals surface area contributed by atoms with Gasteiger partial charge in [-0.05, 0) is 34.4 Å². The van der Waals surface area contributed by atoms with Gasteiger partial charge in [-0.3, -0.25) is 19.6 Å². The minimum atomic E-state index is -0.166. The molecule has 4 aromatic carbocycles. The van der Waals surface area contributed by atoms with Crippen molar-refractivity contribution in [3.63, 3.8) is 0 Å². The van der Waals surface area contributed by atoms with Crippen LogP contribution in [0.4, 0.5) is 0 Å². The fourth-order valence-corrected chi connectivity index (χ4v) is 6.42. The van der Waals surface area contributed by atoms with Crippen molar-refractivity contribution in [2.24, 2.45) is 10.2 Å². The molecule has 0 saturated carbocycles. The molecule has 220 valence electrons. The highest BCUT2D eigenvalue weighted by Gasteiger charge is 2.33. The van der Waals surface area contributed by atoms with Crippen LogP contribution in [0.2, 0.25) is 0 Å². The zero-order valence-corrected chi connectivity index (χ0v) is 26.3. The van der Waals surface area contributed by atoms with Crippen molar-refractivity contribution in [1.82, 2.24) is 10.0 Å². The van der Waals surface area contributed by atoms with E-state index in [1.165, 1.54) is 23.5 Å². The van der Waals surface area contributed by atoms with Crippen molar-refractivity contribution in [3.05, 3.63) is 143 Å². The largest absolute Gasteiger partial charge is 0.295 e. The first-order valence-electron chi connectivity index (χ1n) is 14.0. The zero-order valence-electron chi connectivity index (χ0n) is 24.6. The maximum absolute atomic E-state index is 13.8. The number of carbonyl (C=O) groups excluding carboxylic acids is 2. The molecule has 0 radical (unpaired) electrons. The van der Waals surface area contributed by atoms with Gasteiger partial charge >= 0.3 is 0 Å². The summed E-state index contributed by atoms with van der Waals surface area (Å²) in [6.07, 6.45) is 3.63. The maximum atomic E-state index is 13.8. The number of benzene rings is 4. The summed E-state index contributed by atoms with van der Waals surface area (Å²) in [4.78, 5) is 28.9. The molecule has 0 saturated heterocycles. The van der Waals surface area contributed by atoms with Crippen molar-refractivity contribution in [2.75, 3.05) is 14.1 Å². The Bertz CT molecular complexity index is 1630. The van der Waals surface area contributed by atoms with Crippen molar-refractivity contribution >= 4 is 58.3 Å². The van der Waals surface area contributed by atoms with E-state index in [0.717, 1.165) is 22.3 Å². The SMILES string of the molecule is C=Cc1ccc(CN(C)/N=C/Sc2cccc3c2C(=O)c2cccc(S/C=N/N(C)Cc4ccc(C=C)cc4)c2C3=O)cc1. The summed E-state index contributed by atoms with van der Waals surface area (Å²) in [5.74, 6) is -0.331. The third-order valence-corrected chi connectivity index (χ3v) is 8.68. The lowest BCUT2D eigenvalue weighted by Crippen LogP contribution is -2.22. The van der Waals surface area contributed by atoms with Crippen LogP contribution in [0.25, 0.3) is 12.2 Å². The molecule has 4 aromatic rings. The van der Waals surface area contributed by atoms with Crippen LogP contribution in [0.15, 0.2) is 118 Å². The van der Waals surface area contributed by atoms with Gasteiger partial charge in [-0.1, -0.05) is 122 Å². The van der Waals surface area contributed by atoms with Gasteiger partial charge in [-0.25, -0.2) is 0 Å². The lowest BCUT2D eigenvalue weighted by molar-refractivity contribution is 0.0974. The Balaban J connectivity index is 1.28. The highest BCUT2D eigenvalue weighted by molar-refractivity contribution is 8.12. The molecule has 0 aromatic heterocycles. The van der Waals surface area contributed by atoms with Gasteiger partial charge in [0.15, 0.2) is 11.6 Å². The van der Waals surface area contributed by atoms with E-state index in [-0.39, 0.29) is 11.6 Å². The molecule has 0 aliphatic heterocycles. The van der Waals surface area contributed by atoms with Gasteiger partial charge in [0.1, 0.15) is 0 Å². The fraction of sp³-hybridized carbons (Fsp3) is 0.111. The Morgan fingerprint density at radius 1 is 0.614 bits per heavy atom. The molecule has 1 aliphatic carbocycles. The van der Waals surface area contributed by atoms with Gasteiger partial charge < -0.3 is 0 Å². The number of thioether (sulfide) groups is 2. The second kappa shape index (κ2) is 14.2. The first-order valence-corrected chi connectivity index (χ1v) is 15.7. The molecule has 0 amide bonds. The van der Waals surface area contributed by atoms with Crippen LogP contribution in [-0.4, -0.2) is 46.8 Å². The van der Waals surface area contributed by atoms with E-state index < -0.39 is 0 Å². The molecule has 6 nitrogen and oxygen atoms in total. The number of ketones is 2. The van der Waals surface area contributed by atoms with Crippen LogP contribution in [0, 0.1) is 0 Å². The number of carbonyl (C=O) groups is 2. The maximum Gasteiger partial charge on any atom is 0.195 e. The molecular formula is C36H32N4O2S2. The van der Waals surface area contributed by atoms with Gasteiger partial charge in [-0.2, -0.15) is 10.2 Å². The van der Waals surface area contributed by atoms with Crippen LogP contribution in [0.3, 0.4) is 0 Å². The molecule has 0 spiro atoms. The summed E-state index contributed by atoms with van der Waals surface area (Å²) < 4.78 is 0. The third-order valence-electron chi connectivity index (χ3n) is 7.10. The van der Waals surface area contributed by atoms with Gasteiger partial charge in [0.2, 0.25) is 0 Å². The standard InChI is InChI=1S/C36H32N4O2S2/c1-5-25-13-17-27(18-14-25)21-39(3)37-23-43-31-11-7-9-29-33(31)35(41)30-10-8-12-32(34(30)36(29)42)44-24-38-40(4)22-28-19-15-26(6-2)16-20-28/h5-20,23-24H,1-2,21-22H2,3-4H3/b37-23+,38-24+. The van der Waals surface area contributed by atoms with E-state index in [4.69, 9.17) is 0 Å². The normalized spacial score (nSPS) is 12.3. The smallest absolute Gasteiger partial charge is 0.195 e. The highest BCUT2D eigenvalue weighted by atomic mass is 32.2. The van der Waals surface area contributed by atoms with Crippen molar-refractivity contribution in [1.29, 1.82) is 0 Å². The van der Waals surface area contributed by atoms with E-state index >= 15 is 0 Å². The van der Waals surface area contributed by atoms with Crippen molar-refractivity contribution in [3.8, 4) is 0 Å². The lowest BCUT2D eigenvalue weighted by Gasteiger charge is -2.21. The second-order valence-electron chi connectivity index (χ2n) is 10.2. The predicted octanol–water partition coefficient (Wildman–Crippen LogP) is 8.08. The molecule has 0 bridgehead atoms. The Morgan fingerprint density at radius 3 is 1.36 bits per heavy atom. The summed E-state index contributed by atoms with van der Waals surface area (Å²) >= 11 is 2.66. The summed E-state index contributed by atoms with van der Waals surface area (Å²) in [5.41, 5.74) is 9.43. The molecule has 0 atom stereocenters. The Hall–Kier alpha value is -4.66. The lowest BCUT2D eigenvalue weighted by atomic mass is 9.84. The summed E-state index contributed by atoms with van der Waals surface area (Å²) in [5, 5.41) is 12.7. The molecule has 0 N–H and O–H groups in total. The predicted molar refractivity (Wildman–Crippen MR) is 184 cm³/mol. The van der Waals surface area contributed by atoms with E-state index in [0.29, 0.717) is 45.1 Å². The van der Waals surface area contributed by atoms with Crippen LogP contribution >= 0.6 is 23.5 Å². The minimum absolute atomic E-state index is 0.166. The van der Waals surface area contributed by atoms with Crippen LogP contribution in [0.5, 0.6) is 0 Å². The zero-order chi connectivity index (χ0) is 31.1. The van der Waals surface area contributed by atoms with E-state index in [1.807, 2.05) is 109 Å². The molecule has 1 aliphatic rings. The first kappa shape index (κ1) is 30.8. The Kier molecular flexibility index (Phi) is 9.94. The molecule has 0 unspecified atom stereocenters. The monoisotopic (exact) mass is 616 g/mol. The average Bonchev–Trinajstić information content (AvgIpc) is 3.04. The topological polar surface area (TPSA) is 65.3 Å². The molecule has 0 heterocycles. The molecule has 8 heteroatoms. The van der Waals surface area contributed by atoms with Crippen LogP contribution in [0.1, 0.15) is 54.1 Å². The van der Waals surface area contributed by atoms with E-state index in [1.54, 1.807) is 23.2 Å². The molecule has 5 rings (SSSR count). The van der Waals surface area contributed by atoms with Gasteiger partial charge in [0.05, 0.1) is 24.2 Å². The fourth-order valence-electron chi connectivity index (χ4n) is 4.82. The van der Waals surface area contributed by atoms with Crippen LogP contribution < -0.4 is 0 Å². The van der Waals surface area contributed by atoms with E-state index in [2.05, 4.69) is 23.4 Å². The number of hydrogen-bond acceptors (Lipinski definition) is 8. The van der Waals surface area contributed by atoms with Gasteiger partial charge in [-0.15, -0.1) is 0 Å². The number of hydrogen-bond donors (Lipinski definition) is 0. The number of nitrogens with zero attached hydrogens (tertiary/aromatic N) is 4. The first-order chi connectivity index (χ1) is 21.4. The van der Waals surface area contributed by atoms with Crippen molar-refractivity contribution < 1.29 is 9.59 Å². The third kappa shape index (κ3) is 7.10. The number of rotatable bonds is 12. The highest BCUT2D eigenvalue weighted by Crippen LogP contribution is 2.37. The molecule has 44 heavy (non-hydrogen) atoms. The summed E-state index contributed by atoms with van der Waals surface area (Å²) in [7, 11) is 3.79. The quantitative estimate of drug-likeness (QED) is 0.0611. The summed E-state index contributed by atoms with van der Waals surface area (Å²) in [6.45, 7) is 8.85. The second-order valence-corrected chi connectivity index (χ2v) is 12.0. The summed E-state index contributed by atoms with van der Waals surface area (Å²) in [6, 6.07) is 27.0. The van der Waals surface area contributed by atoms with Gasteiger partial charge in [0.25, 0.3) is 0 Å². The van der Waals surface area contributed by atoms with E-state index in [9.17, 15) is 9.59 Å². The van der Waals surface area contributed by atoms with Gasteiger partial charge in [0, 0.05) is 46.1 Å². The number of hydrazone groups is 2. The van der Waals surface area contributed by atoms with Crippen molar-refractivity contribution in [2.45, 2.75) is 22.9 Å². The molecule has 0 fully saturated rings. The average molecular weight is 617 g/mol. The Labute approximate surface area is 266 Å². The Morgan fingerprint density at radius 2 is 1.00 bits per heavy atom. The van der Waals surface area contributed by atoms with Crippen LogP contribution in [-0.2, 0) is 13.1 Å². The molecular weight excluding hydrogens is 585 g/mol.